The second-order valence-corrected chi connectivity index (χ2v) is 2.97. The van der Waals surface area contributed by atoms with Crippen LogP contribution in [-0.2, 0) is 6.18 Å². The molecule has 0 aromatic heterocycles. The summed E-state index contributed by atoms with van der Waals surface area (Å²) in [5, 5.41) is 0. The molecule has 0 aliphatic rings. The second kappa shape index (κ2) is 3.92. The Morgan fingerprint density at radius 2 is 1.93 bits per heavy atom. The van der Waals surface area contributed by atoms with E-state index in [1.165, 1.54) is 13.2 Å². The van der Waals surface area contributed by atoms with Crippen LogP contribution >= 0.6 is 0 Å². The second-order valence-electron chi connectivity index (χ2n) is 2.97. The first kappa shape index (κ1) is 11.6. The Morgan fingerprint density at radius 3 is 2.33 bits per heavy atom. The zero-order valence-electron chi connectivity index (χ0n) is 8.18. The van der Waals surface area contributed by atoms with Crippen LogP contribution in [0.2, 0.25) is 0 Å². The SMILES string of the molecule is COc1ccc(C(F)(F)F)c(C(C)=O)c1. The number of ether oxygens (including phenoxy) is 1. The molecule has 1 aromatic rings. The molecule has 0 unspecified atom stereocenters. The van der Waals surface area contributed by atoms with Crippen LogP contribution in [-0.4, -0.2) is 12.9 Å². The van der Waals surface area contributed by atoms with E-state index < -0.39 is 17.5 Å². The highest BCUT2D eigenvalue weighted by molar-refractivity contribution is 5.96. The predicted molar refractivity (Wildman–Crippen MR) is 48.0 cm³/mol. The van der Waals surface area contributed by atoms with Crippen molar-refractivity contribution in [2.45, 2.75) is 13.1 Å². The first-order valence-electron chi connectivity index (χ1n) is 4.12. The number of halogens is 3. The molecule has 0 fully saturated rings. The van der Waals surface area contributed by atoms with Crippen LogP contribution in [0.3, 0.4) is 0 Å². The third-order valence-corrected chi connectivity index (χ3v) is 1.91. The van der Waals surface area contributed by atoms with Gasteiger partial charge < -0.3 is 4.74 Å². The van der Waals surface area contributed by atoms with Crippen molar-refractivity contribution < 1.29 is 22.7 Å². The number of ketones is 1. The fourth-order valence-corrected chi connectivity index (χ4v) is 1.19. The minimum atomic E-state index is -4.52. The average molecular weight is 218 g/mol. The van der Waals surface area contributed by atoms with E-state index in [1.54, 1.807) is 0 Å². The molecule has 0 radical (unpaired) electrons. The summed E-state index contributed by atoms with van der Waals surface area (Å²) in [7, 11) is 1.33. The molecule has 0 amide bonds. The van der Waals surface area contributed by atoms with Crippen molar-refractivity contribution in [2.24, 2.45) is 0 Å². The quantitative estimate of drug-likeness (QED) is 0.713. The van der Waals surface area contributed by atoms with Crippen molar-refractivity contribution in [2.75, 3.05) is 7.11 Å². The molecule has 0 N–H and O–H groups in total. The zero-order chi connectivity index (χ0) is 11.6. The average Bonchev–Trinajstić information content (AvgIpc) is 2.15. The molecule has 1 rings (SSSR count). The van der Waals surface area contributed by atoms with Gasteiger partial charge in [0.1, 0.15) is 5.75 Å². The third kappa shape index (κ3) is 2.49. The number of methoxy groups -OCH3 is 1. The summed E-state index contributed by atoms with van der Waals surface area (Å²) in [5.41, 5.74) is -1.31. The molecule has 0 saturated heterocycles. The van der Waals surface area contributed by atoms with Crippen LogP contribution in [0.5, 0.6) is 5.75 Å². The van der Waals surface area contributed by atoms with Crippen LogP contribution in [0.1, 0.15) is 22.8 Å². The van der Waals surface area contributed by atoms with Gasteiger partial charge in [-0.25, -0.2) is 0 Å². The fourth-order valence-electron chi connectivity index (χ4n) is 1.19. The Hall–Kier alpha value is -1.52. The molecule has 5 heteroatoms. The van der Waals surface area contributed by atoms with Crippen molar-refractivity contribution in [1.82, 2.24) is 0 Å². The lowest BCUT2D eigenvalue weighted by atomic mass is 10.0. The summed E-state index contributed by atoms with van der Waals surface area (Å²) >= 11 is 0. The van der Waals surface area contributed by atoms with Crippen LogP contribution in [0, 0.1) is 0 Å². The summed E-state index contributed by atoms with van der Waals surface area (Å²) in [6.07, 6.45) is -4.52. The molecule has 0 aliphatic carbocycles. The highest BCUT2D eigenvalue weighted by Gasteiger charge is 2.34. The number of carbonyl (C=O) groups is 1. The highest BCUT2D eigenvalue weighted by Crippen LogP contribution is 2.33. The van der Waals surface area contributed by atoms with E-state index in [4.69, 9.17) is 4.74 Å². The molecule has 0 saturated carbocycles. The lowest BCUT2D eigenvalue weighted by Gasteiger charge is -2.11. The number of alkyl halides is 3. The first-order chi connectivity index (χ1) is 6.86. The molecule has 0 atom stereocenters. The van der Waals surface area contributed by atoms with Crippen molar-refractivity contribution in [3.05, 3.63) is 29.3 Å². The van der Waals surface area contributed by atoms with E-state index in [0.29, 0.717) is 0 Å². The molecule has 82 valence electrons. The van der Waals surface area contributed by atoms with Crippen molar-refractivity contribution >= 4 is 5.78 Å². The van der Waals surface area contributed by atoms with Crippen LogP contribution in [0.15, 0.2) is 18.2 Å². The molecule has 2 nitrogen and oxygen atoms in total. The van der Waals surface area contributed by atoms with Gasteiger partial charge in [0.25, 0.3) is 0 Å². The van der Waals surface area contributed by atoms with E-state index in [1.807, 2.05) is 0 Å². The van der Waals surface area contributed by atoms with Gasteiger partial charge in [-0.15, -0.1) is 0 Å². The van der Waals surface area contributed by atoms with E-state index >= 15 is 0 Å². The van der Waals surface area contributed by atoms with E-state index in [-0.39, 0.29) is 11.3 Å². The van der Waals surface area contributed by atoms with Gasteiger partial charge in [0.15, 0.2) is 5.78 Å². The van der Waals surface area contributed by atoms with Gasteiger partial charge in [0.2, 0.25) is 0 Å². The van der Waals surface area contributed by atoms with Gasteiger partial charge in [-0.1, -0.05) is 0 Å². The van der Waals surface area contributed by atoms with E-state index in [0.717, 1.165) is 19.1 Å². The first-order valence-corrected chi connectivity index (χ1v) is 4.12. The van der Waals surface area contributed by atoms with Crippen molar-refractivity contribution in [3.8, 4) is 5.75 Å². The highest BCUT2D eigenvalue weighted by atomic mass is 19.4. The topological polar surface area (TPSA) is 26.3 Å². The number of hydrogen-bond donors (Lipinski definition) is 0. The fraction of sp³-hybridized carbons (Fsp3) is 0.300. The minimum absolute atomic E-state index is 0.230. The number of hydrogen-bond acceptors (Lipinski definition) is 2. The van der Waals surface area contributed by atoms with Gasteiger partial charge in [-0.2, -0.15) is 13.2 Å². The standard InChI is InChI=1S/C10H9F3O2/c1-6(14)8-5-7(15-2)3-4-9(8)10(11,12)13/h3-5H,1-2H3. The van der Waals surface area contributed by atoms with Crippen LogP contribution in [0.4, 0.5) is 13.2 Å². The molecule has 0 bridgehead atoms. The molecule has 15 heavy (non-hydrogen) atoms. The van der Waals surface area contributed by atoms with Gasteiger partial charge in [0.05, 0.1) is 12.7 Å². The Balaban J connectivity index is 3.34. The Bertz CT molecular complexity index is 383. The van der Waals surface area contributed by atoms with Crippen molar-refractivity contribution in [1.29, 1.82) is 0 Å². The van der Waals surface area contributed by atoms with Crippen molar-refractivity contribution in [3.63, 3.8) is 0 Å². The van der Waals surface area contributed by atoms with Gasteiger partial charge >= 0.3 is 6.18 Å². The van der Waals surface area contributed by atoms with Crippen LogP contribution < -0.4 is 4.74 Å². The third-order valence-electron chi connectivity index (χ3n) is 1.91. The van der Waals surface area contributed by atoms with E-state index in [2.05, 4.69) is 0 Å². The molecule has 0 spiro atoms. The normalized spacial score (nSPS) is 11.3. The molecule has 0 aliphatic heterocycles. The largest absolute Gasteiger partial charge is 0.497 e. The lowest BCUT2D eigenvalue weighted by Crippen LogP contribution is -2.11. The maximum absolute atomic E-state index is 12.5. The molecular weight excluding hydrogens is 209 g/mol. The van der Waals surface area contributed by atoms with E-state index in [9.17, 15) is 18.0 Å². The smallest absolute Gasteiger partial charge is 0.417 e. The van der Waals surface area contributed by atoms with Gasteiger partial charge in [0, 0.05) is 5.56 Å². The number of benzene rings is 1. The maximum atomic E-state index is 12.5. The molecule has 1 aromatic carbocycles. The van der Waals surface area contributed by atoms with Gasteiger partial charge in [-0.3, -0.25) is 4.79 Å². The minimum Gasteiger partial charge on any atom is -0.497 e. The maximum Gasteiger partial charge on any atom is 0.417 e. The number of carbonyl (C=O) groups excluding carboxylic acids is 1. The van der Waals surface area contributed by atoms with Crippen LogP contribution in [0.25, 0.3) is 0 Å². The summed E-state index contributed by atoms with van der Waals surface area (Å²) in [6, 6.07) is 3.11. The number of Topliss-reactive ketones (excluding diaryl/α,β-unsaturated/α-hetero) is 1. The summed E-state index contributed by atoms with van der Waals surface area (Å²) in [4.78, 5) is 11.0. The lowest BCUT2D eigenvalue weighted by molar-refractivity contribution is -0.137. The van der Waals surface area contributed by atoms with Gasteiger partial charge in [-0.05, 0) is 25.1 Å². The summed E-state index contributed by atoms with van der Waals surface area (Å²) < 4.78 is 42.1. The number of rotatable bonds is 2. The molecular formula is C10H9F3O2. The molecule has 0 heterocycles. The Morgan fingerprint density at radius 1 is 1.33 bits per heavy atom. The Kier molecular flexibility index (Phi) is 3.02. The zero-order valence-corrected chi connectivity index (χ0v) is 8.18. The predicted octanol–water partition coefficient (Wildman–Crippen LogP) is 2.92. The Labute approximate surface area is 84.7 Å². The summed E-state index contributed by atoms with van der Waals surface area (Å²) in [5.74, 6) is -0.408. The summed E-state index contributed by atoms with van der Waals surface area (Å²) in [6.45, 7) is 1.09. The monoisotopic (exact) mass is 218 g/mol.